The van der Waals surface area contributed by atoms with Crippen molar-refractivity contribution in [2.45, 2.75) is 6.42 Å². The largest absolute Gasteiger partial charge is 0.486 e. The molecule has 4 heteroatoms. The number of rotatable bonds is 3. The summed E-state index contributed by atoms with van der Waals surface area (Å²) in [5.74, 6) is 1.40. The lowest BCUT2D eigenvalue weighted by molar-refractivity contribution is 0.0991. The monoisotopic (exact) mass is 255 g/mol. The average Bonchev–Trinajstić information content (AvgIpc) is 2.48. The maximum absolute atomic E-state index is 12.2. The average molecular weight is 255 g/mol. The Bertz CT molecular complexity index is 596. The normalized spacial score (nSPS) is 13.1. The van der Waals surface area contributed by atoms with E-state index in [9.17, 15) is 4.79 Å². The summed E-state index contributed by atoms with van der Waals surface area (Å²) in [6.07, 6.45) is 3.74. The van der Waals surface area contributed by atoms with Gasteiger partial charge in [-0.2, -0.15) is 0 Å². The summed E-state index contributed by atoms with van der Waals surface area (Å²) >= 11 is 0. The van der Waals surface area contributed by atoms with Crippen molar-refractivity contribution < 1.29 is 14.3 Å². The van der Waals surface area contributed by atoms with Crippen molar-refractivity contribution in [2.24, 2.45) is 0 Å². The van der Waals surface area contributed by atoms with Crippen LogP contribution in [0.15, 0.2) is 42.7 Å². The number of carbonyl (C=O) groups excluding carboxylic acids is 1. The van der Waals surface area contributed by atoms with Crippen molar-refractivity contribution in [2.75, 3.05) is 13.2 Å². The molecule has 0 amide bonds. The topological polar surface area (TPSA) is 48.4 Å². The number of nitrogens with zero attached hydrogens (tertiary/aromatic N) is 1. The molecule has 3 rings (SSSR count). The van der Waals surface area contributed by atoms with E-state index in [4.69, 9.17) is 9.47 Å². The van der Waals surface area contributed by atoms with Gasteiger partial charge in [0.05, 0.1) is 0 Å². The molecule has 0 aliphatic carbocycles. The van der Waals surface area contributed by atoms with Gasteiger partial charge < -0.3 is 9.47 Å². The standard InChI is InChI=1S/C15H13NO3/c17-13(9-11-3-5-16-6-4-11)12-1-2-14-15(10-12)19-8-7-18-14/h1-6,10H,7-9H2. The van der Waals surface area contributed by atoms with Crippen LogP contribution < -0.4 is 9.47 Å². The van der Waals surface area contributed by atoms with Gasteiger partial charge in [0.1, 0.15) is 13.2 Å². The predicted octanol–water partition coefficient (Wildman–Crippen LogP) is 2.28. The van der Waals surface area contributed by atoms with Gasteiger partial charge in [0.2, 0.25) is 0 Å². The molecule has 0 saturated carbocycles. The number of pyridine rings is 1. The number of fused-ring (bicyclic) bond motifs is 1. The predicted molar refractivity (Wildman–Crippen MR) is 69.7 cm³/mol. The molecule has 96 valence electrons. The molecule has 1 aliphatic rings. The number of carbonyl (C=O) groups is 1. The van der Waals surface area contributed by atoms with E-state index in [-0.39, 0.29) is 5.78 Å². The third-order valence-electron chi connectivity index (χ3n) is 2.98. The van der Waals surface area contributed by atoms with Crippen molar-refractivity contribution in [3.63, 3.8) is 0 Å². The van der Waals surface area contributed by atoms with E-state index in [0.717, 1.165) is 5.56 Å². The third kappa shape index (κ3) is 2.57. The Morgan fingerprint density at radius 1 is 1.05 bits per heavy atom. The van der Waals surface area contributed by atoms with E-state index in [1.807, 2.05) is 12.1 Å². The Morgan fingerprint density at radius 2 is 1.79 bits per heavy atom. The zero-order valence-corrected chi connectivity index (χ0v) is 10.3. The minimum atomic E-state index is 0.0585. The van der Waals surface area contributed by atoms with Crippen LogP contribution in [0, 0.1) is 0 Å². The van der Waals surface area contributed by atoms with Crippen LogP contribution in [-0.4, -0.2) is 24.0 Å². The minimum absolute atomic E-state index is 0.0585. The molecule has 2 aromatic rings. The maximum atomic E-state index is 12.2. The molecular formula is C15H13NO3. The van der Waals surface area contributed by atoms with E-state index < -0.39 is 0 Å². The molecule has 0 unspecified atom stereocenters. The van der Waals surface area contributed by atoms with Crippen molar-refractivity contribution in [3.8, 4) is 11.5 Å². The van der Waals surface area contributed by atoms with Gasteiger partial charge in [-0.3, -0.25) is 9.78 Å². The fourth-order valence-corrected chi connectivity index (χ4v) is 2.00. The SMILES string of the molecule is O=C(Cc1ccncc1)c1ccc2c(c1)OCCO2. The van der Waals surface area contributed by atoms with Gasteiger partial charge in [0.15, 0.2) is 17.3 Å². The number of hydrogen-bond donors (Lipinski definition) is 0. The molecule has 0 N–H and O–H groups in total. The molecule has 0 atom stereocenters. The van der Waals surface area contributed by atoms with Gasteiger partial charge in [-0.25, -0.2) is 0 Å². The smallest absolute Gasteiger partial charge is 0.167 e. The molecule has 1 aliphatic heterocycles. The molecule has 0 fully saturated rings. The first-order valence-electron chi connectivity index (χ1n) is 6.15. The Kier molecular flexibility index (Phi) is 3.14. The molecule has 0 radical (unpaired) electrons. The van der Waals surface area contributed by atoms with Crippen molar-refractivity contribution in [1.29, 1.82) is 0 Å². The number of ether oxygens (including phenoxy) is 2. The number of benzene rings is 1. The van der Waals surface area contributed by atoms with E-state index in [2.05, 4.69) is 4.98 Å². The van der Waals surface area contributed by atoms with Gasteiger partial charge in [0, 0.05) is 24.4 Å². The summed E-state index contributed by atoms with van der Waals surface area (Å²) in [4.78, 5) is 16.1. The zero-order chi connectivity index (χ0) is 13.1. The fraction of sp³-hybridized carbons (Fsp3) is 0.200. The van der Waals surface area contributed by atoms with Crippen LogP contribution in [0.3, 0.4) is 0 Å². The molecule has 0 bridgehead atoms. The Balaban J connectivity index is 1.80. The number of aromatic nitrogens is 1. The summed E-state index contributed by atoms with van der Waals surface area (Å²) in [5.41, 5.74) is 1.59. The van der Waals surface area contributed by atoms with Crippen LogP contribution in [0.2, 0.25) is 0 Å². The second-order valence-corrected chi connectivity index (χ2v) is 4.31. The van der Waals surface area contributed by atoms with Crippen LogP contribution in [0.25, 0.3) is 0 Å². The third-order valence-corrected chi connectivity index (χ3v) is 2.98. The van der Waals surface area contributed by atoms with Crippen LogP contribution in [-0.2, 0) is 6.42 Å². The number of Topliss-reactive ketones (excluding diaryl/α,β-unsaturated/α-hetero) is 1. The molecule has 0 spiro atoms. The van der Waals surface area contributed by atoms with Gasteiger partial charge in [0.25, 0.3) is 0 Å². The quantitative estimate of drug-likeness (QED) is 0.789. The lowest BCUT2D eigenvalue weighted by Crippen LogP contribution is -2.16. The first kappa shape index (κ1) is 11.7. The second-order valence-electron chi connectivity index (χ2n) is 4.31. The maximum Gasteiger partial charge on any atom is 0.167 e. The van der Waals surface area contributed by atoms with Crippen LogP contribution in [0.1, 0.15) is 15.9 Å². The first-order valence-corrected chi connectivity index (χ1v) is 6.15. The lowest BCUT2D eigenvalue weighted by atomic mass is 10.0. The number of ketones is 1. The molecule has 19 heavy (non-hydrogen) atoms. The van der Waals surface area contributed by atoms with E-state index >= 15 is 0 Å². The summed E-state index contributed by atoms with van der Waals surface area (Å²) < 4.78 is 10.9. The highest BCUT2D eigenvalue weighted by Gasteiger charge is 2.15. The van der Waals surface area contributed by atoms with Gasteiger partial charge in [-0.1, -0.05) is 0 Å². The molecule has 1 aromatic carbocycles. The van der Waals surface area contributed by atoms with Crippen LogP contribution in [0.5, 0.6) is 11.5 Å². The highest BCUT2D eigenvalue weighted by molar-refractivity contribution is 5.98. The minimum Gasteiger partial charge on any atom is -0.486 e. The summed E-state index contributed by atoms with van der Waals surface area (Å²) in [5, 5.41) is 0. The molecular weight excluding hydrogens is 242 g/mol. The number of hydrogen-bond acceptors (Lipinski definition) is 4. The Hall–Kier alpha value is -2.36. The van der Waals surface area contributed by atoms with Gasteiger partial charge in [-0.05, 0) is 35.9 Å². The molecule has 4 nitrogen and oxygen atoms in total. The van der Waals surface area contributed by atoms with Crippen molar-refractivity contribution in [1.82, 2.24) is 4.98 Å². The second kappa shape index (κ2) is 5.10. The Morgan fingerprint density at radius 3 is 2.58 bits per heavy atom. The highest BCUT2D eigenvalue weighted by atomic mass is 16.6. The summed E-state index contributed by atoms with van der Waals surface area (Å²) in [6, 6.07) is 9.00. The van der Waals surface area contributed by atoms with Crippen LogP contribution >= 0.6 is 0 Å². The van der Waals surface area contributed by atoms with E-state index in [1.165, 1.54) is 0 Å². The van der Waals surface area contributed by atoms with Crippen molar-refractivity contribution in [3.05, 3.63) is 53.9 Å². The summed E-state index contributed by atoms with van der Waals surface area (Å²) in [7, 11) is 0. The summed E-state index contributed by atoms with van der Waals surface area (Å²) in [6.45, 7) is 1.08. The fourth-order valence-electron chi connectivity index (χ4n) is 2.00. The van der Waals surface area contributed by atoms with E-state index in [1.54, 1.807) is 30.6 Å². The first-order chi connectivity index (χ1) is 9.33. The highest BCUT2D eigenvalue weighted by Crippen LogP contribution is 2.31. The zero-order valence-electron chi connectivity index (χ0n) is 10.3. The Labute approximate surface area is 111 Å². The van der Waals surface area contributed by atoms with Crippen LogP contribution in [0.4, 0.5) is 0 Å². The van der Waals surface area contributed by atoms with Gasteiger partial charge in [-0.15, -0.1) is 0 Å². The van der Waals surface area contributed by atoms with Gasteiger partial charge >= 0.3 is 0 Å². The molecule has 2 heterocycles. The molecule has 0 saturated heterocycles. The molecule has 1 aromatic heterocycles. The van der Waals surface area contributed by atoms with E-state index in [0.29, 0.717) is 36.7 Å². The van der Waals surface area contributed by atoms with Crippen molar-refractivity contribution >= 4 is 5.78 Å². The lowest BCUT2D eigenvalue weighted by Gasteiger charge is -2.18.